The van der Waals surface area contributed by atoms with Gasteiger partial charge in [0.05, 0.1) is 5.69 Å². The molecule has 0 spiro atoms. The Balaban J connectivity index is 2.66. The molecule has 0 saturated carbocycles. The van der Waals surface area contributed by atoms with Crippen LogP contribution in [0.5, 0.6) is 0 Å². The maximum atomic E-state index is 4.74. The molecule has 0 aliphatic carbocycles. The Hall–Kier alpha value is -0.500. The molecule has 0 fully saturated rings. The van der Waals surface area contributed by atoms with Crippen LogP contribution in [-0.4, -0.2) is 10.2 Å². The molecule has 0 N–H and O–H groups in total. The van der Waals surface area contributed by atoms with Gasteiger partial charge in [0.15, 0.2) is 0 Å². The first kappa shape index (κ1) is 17.8. The van der Waals surface area contributed by atoms with Gasteiger partial charge in [-0.3, -0.25) is 4.98 Å². The Labute approximate surface area is 141 Å². The van der Waals surface area contributed by atoms with E-state index in [1.54, 1.807) is 5.56 Å². The van der Waals surface area contributed by atoms with E-state index in [2.05, 4.69) is 73.3 Å². The van der Waals surface area contributed by atoms with Crippen LogP contribution < -0.4 is 0 Å². The van der Waals surface area contributed by atoms with E-state index in [1.165, 1.54) is 22.6 Å². The molecule has 1 aromatic heterocycles. The molecule has 2 heteroatoms. The molecule has 1 aliphatic rings. The highest BCUT2D eigenvalue weighted by molar-refractivity contribution is 8.00. The van der Waals surface area contributed by atoms with Gasteiger partial charge in [-0.25, -0.2) is 0 Å². The van der Waals surface area contributed by atoms with Gasteiger partial charge in [-0.05, 0) is 54.1 Å². The molecule has 22 heavy (non-hydrogen) atoms. The van der Waals surface area contributed by atoms with Crippen molar-refractivity contribution in [3.63, 3.8) is 0 Å². The molecule has 1 aliphatic heterocycles. The minimum absolute atomic E-state index is 0.547. The van der Waals surface area contributed by atoms with E-state index < -0.39 is 0 Å². The number of hydrogen-bond acceptors (Lipinski definition) is 2. The monoisotopic (exact) mass is 319 g/mol. The van der Waals surface area contributed by atoms with Crippen molar-refractivity contribution in [3.8, 4) is 0 Å². The van der Waals surface area contributed by atoms with Crippen molar-refractivity contribution in [1.29, 1.82) is 0 Å². The van der Waals surface area contributed by atoms with Gasteiger partial charge in [0.25, 0.3) is 0 Å². The van der Waals surface area contributed by atoms with E-state index in [9.17, 15) is 0 Å². The molecule has 0 bridgehead atoms. The first-order valence-electron chi connectivity index (χ1n) is 8.90. The Morgan fingerprint density at radius 2 is 1.77 bits per heavy atom. The van der Waals surface area contributed by atoms with E-state index in [-0.39, 0.29) is 0 Å². The second kappa shape index (κ2) is 6.95. The number of nitrogens with zero attached hydrogens (tertiary/aromatic N) is 1. The van der Waals surface area contributed by atoms with Crippen LogP contribution in [-0.2, 0) is 0 Å². The van der Waals surface area contributed by atoms with Crippen LogP contribution in [0.3, 0.4) is 0 Å². The van der Waals surface area contributed by atoms with Crippen molar-refractivity contribution in [2.24, 2.45) is 17.8 Å². The molecule has 4 atom stereocenters. The summed E-state index contributed by atoms with van der Waals surface area (Å²) in [7, 11) is 0. The van der Waals surface area contributed by atoms with Crippen molar-refractivity contribution >= 4 is 11.8 Å². The zero-order valence-electron chi connectivity index (χ0n) is 15.6. The Morgan fingerprint density at radius 3 is 2.32 bits per heavy atom. The lowest BCUT2D eigenvalue weighted by molar-refractivity contribution is 0.300. The van der Waals surface area contributed by atoms with Crippen LogP contribution in [0.4, 0.5) is 0 Å². The quantitative estimate of drug-likeness (QED) is 0.624. The molecule has 0 aromatic carbocycles. The molecule has 2 rings (SSSR count). The van der Waals surface area contributed by atoms with E-state index in [0.717, 1.165) is 11.8 Å². The molecule has 1 unspecified atom stereocenters. The van der Waals surface area contributed by atoms with Gasteiger partial charge in [0.1, 0.15) is 0 Å². The number of aromatic nitrogens is 1. The Kier molecular flexibility index (Phi) is 5.63. The average molecular weight is 320 g/mol. The zero-order valence-corrected chi connectivity index (χ0v) is 16.4. The first-order valence-corrected chi connectivity index (χ1v) is 9.78. The summed E-state index contributed by atoms with van der Waals surface area (Å²) in [6, 6.07) is 0. The van der Waals surface area contributed by atoms with Gasteiger partial charge in [0, 0.05) is 16.3 Å². The largest absolute Gasteiger partial charge is 0.260 e. The number of rotatable bonds is 2. The normalized spacial score (nSPS) is 29.4. The van der Waals surface area contributed by atoms with E-state index >= 15 is 0 Å². The number of thioether (sulfide) groups is 1. The summed E-state index contributed by atoms with van der Waals surface area (Å²) >= 11 is 2.07. The molecule has 0 saturated heterocycles. The van der Waals surface area contributed by atoms with Crippen molar-refractivity contribution in [2.45, 2.75) is 83.8 Å². The second-order valence-electron chi connectivity index (χ2n) is 7.94. The topological polar surface area (TPSA) is 12.9 Å². The molecule has 0 amide bonds. The van der Waals surface area contributed by atoms with E-state index in [4.69, 9.17) is 4.98 Å². The first-order chi connectivity index (χ1) is 10.2. The van der Waals surface area contributed by atoms with Gasteiger partial charge in [-0.2, -0.15) is 0 Å². The van der Waals surface area contributed by atoms with Crippen molar-refractivity contribution < 1.29 is 0 Å². The Morgan fingerprint density at radius 1 is 1.14 bits per heavy atom. The summed E-state index contributed by atoms with van der Waals surface area (Å²) in [5, 5.41) is 0.657. The zero-order chi connectivity index (χ0) is 16.6. The highest BCUT2D eigenvalue weighted by atomic mass is 32.2. The third-order valence-corrected chi connectivity index (χ3v) is 7.20. The minimum Gasteiger partial charge on any atom is -0.260 e. The molecule has 2 heterocycles. The maximum absolute atomic E-state index is 4.74. The van der Waals surface area contributed by atoms with Crippen LogP contribution >= 0.6 is 11.8 Å². The minimum atomic E-state index is 0.547. The third-order valence-electron chi connectivity index (χ3n) is 5.65. The van der Waals surface area contributed by atoms with Gasteiger partial charge < -0.3 is 0 Å². The van der Waals surface area contributed by atoms with Gasteiger partial charge in [0.2, 0.25) is 0 Å². The van der Waals surface area contributed by atoms with Crippen LogP contribution in [0.25, 0.3) is 0 Å². The second-order valence-corrected chi connectivity index (χ2v) is 9.33. The van der Waals surface area contributed by atoms with Gasteiger partial charge in [-0.15, -0.1) is 11.8 Å². The predicted octanol–water partition coefficient (Wildman–Crippen LogP) is 6.41. The van der Waals surface area contributed by atoms with Crippen molar-refractivity contribution in [1.82, 2.24) is 4.98 Å². The fourth-order valence-corrected chi connectivity index (χ4v) is 5.18. The highest BCUT2D eigenvalue weighted by Gasteiger charge is 2.33. The number of aryl methyl sites for hydroxylation is 1. The van der Waals surface area contributed by atoms with Crippen LogP contribution in [0.1, 0.15) is 83.5 Å². The van der Waals surface area contributed by atoms with Gasteiger partial charge >= 0.3 is 0 Å². The summed E-state index contributed by atoms with van der Waals surface area (Å²) < 4.78 is 0. The Bertz CT molecular complexity index is 521. The third kappa shape index (κ3) is 3.37. The standard InChI is InChI=1S/C20H33NS/c1-11(2)17-9-13(5)14(6)16(8)22-20-15(7)21-10-18(12(3)4)19(17)20/h10-14,16-17H,9H2,1-8H3/t13-,14-,16-,17?/m1/s1. The summed E-state index contributed by atoms with van der Waals surface area (Å²) in [5.74, 6) is 3.41. The van der Waals surface area contributed by atoms with Gasteiger partial charge in [-0.1, -0.05) is 48.5 Å². The number of hydrogen-bond donors (Lipinski definition) is 0. The molecule has 1 nitrogen and oxygen atoms in total. The smallest absolute Gasteiger partial charge is 0.0511 e. The SMILES string of the molecule is Cc1ncc(C(C)C)c2c1S[C@H](C)[C@H](C)[C@H](C)CC2C(C)C. The lowest BCUT2D eigenvalue weighted by Gasteiger charge is -2.37. The predicted molar refractivity (Wildman–Crippen MR) is 98.9 cm³/mol. The van der Waals surface area contributed by atoms with Crippen LogP contribution in [0.2, 0.25) is 0 Å². The van der Waals surface area contributed by atoms with Crippen LogP contribution in [0, 0.1) is 24.7 Å². The molecule has 124 valence electrons. The molecular formula is C20H33NS. The fraction of sp³-hybridized carbons (Fsp3) is 0.750. The number of pyridine rings is 1. The van der Waals surface area contributed by atoms with E-state index in [0.29, 0.717) is 23.0 Å². The lowest BCUT2D eigenvalue weighted by Crippen LogP contribution is -2.26. The fourth-order valence-electron chi connectivity index (χ4n) is 3.71. The van der Waals surface area contributed by atoms with E-state index in [1.807, 2.05) is 0 Å². The average Bonchev–Trinajstić information content (AvgIpc) is 2.44. The van der Waals surface area contributed by atoms with Crippen LogP contribution in [0.15, 0.2) is 11.1 Å². The number of fused-ring (bicyclic) bond motifs is 1. The molecular weight excluding hydrogens is 286 g/mol. The molecule has 1 aromatic rings. The molecule has 0 radical (unpaired) electrons. The summed E-state index contributed by atoms with van der Waals surface area (Å²) in [6.07, 6.45) is 3.45. The summed E-state index contributed by atoms with van der Waals surface area (Å²) in [6.45, 7) is 18.9. The lowest BCUT2D eigenvalue weighted by atomic mass is 9.75. The van der Waals surface area contributed by atoms with Crippen molar-refractivity contribution in [3.05, 3.63) is 23.0 Å². The maximum Gasteiger partial charge on any atom is 0.0511 e. The summed E-state index contributed by atoms with van der Waals surface area (Å²) in [5.41, 5.74) is 4.32. The summed E-state index contributed by atoms with van der Waals surface area (Å²) in [4.78, 5) is 6.22. The van der Waals surface area contributed by atoms with Crippen molar-refractivity contribution in [2.75, 3.05) is 0 Å². The highest BCUT2D eigenvalue weighted by Crippen LogP contribution is 2.48.